The standard InChI is InChI=1S/C18H20Cl2N6O2/c1-9(2)13(18(28)25(3)4)21-17(27)14-12(20)16-23-22-15(26(16)24-14)10-5-7-11(19)8-6-10/h5-9,13,24H,1-4H3,(H,21,27). The average molecular weight is 423 g/mol. The number of likely N-dealkylation sites (N-methyl/N-ethyl adjacent to an activating group) is 1. The number of carbonyl (C=O) groups excluding carboxylic acids is 2. The van der Waals surface area contributed by atoms with Gasteiger partial charge in [0.05, 0.1) is 0 Å². The van der Waals surface area contributed by atoms with Crippen molar-refractivity contribution in [3.63, 3.8) is 0 Å². The third-order valence-electron chi connectivity index (χ3n) is 4.29. The second kappa shape index (κ2) is 7.81. The molecule has 0 aliphatic rings. The summed E-state index contributed by atoms with van der Waals surface area (Å²) in [6.45, 7) is 3.72. The molecule has 0 saturated carbocycles. The fourth-order valence-electron chi connectivity index (χ4n) is 2.75. The smallest absolute Gasteiger partial charge is 0.271 e. The Hall–Kier alpha value is -2.58. The van der Waals surface area contributed by atoms with Crippen LogP contribution in [-0.2, 0) is 4.79 Å². The fraction of sp³-hybridized carbons (Fsp3) is 0.333. The van der Waals surface area contributed by atoms with E-state index < -0.39 is 11.9 Å². The number of amides is 2. The van der Waals surface area contributed by atoms with E-state index in [4.69, 9.17) is 23.2 Å². The minimum atomic E-state index is -0.678. The number of nitrogens with one attached hydrogen (secondary N) is 2. The third kappa shape index (κ3) is 3.70. The summed E-state index contributed by atoms with van der Waals surface area (Å²) in [6.07, 6.45) is 0. The van der Waals surface area contributed by atoms with Gasteiger partial charge in [-0.15, -0.1) is 10.2 Å². The molecule has 148 valence electrons. The first-order valence-electron chi connectivity index (χ1n) is 8.61. The second-order valence-electron chi connectivity index (χ2n) is 6.92. The van der Waals surface area contributed by atoms with Gasteiger partial charge in [0, 0.05) is 24.7 Å². The molecule has 0 bridgehead atoms. The maximum atomic E-state index is 12.8. The van der Waals surface area contributed by atoms with Crippen molar-refractivity contribution in [2.75, 3.05) is 14.1 Å². The molecule has 2 N–H and O–H groups in total. The Morgan fingerprint density at radius 2 is 1.79 bits per heavy atom. The highest BCUT2D eigenvalue weighted by Gasteiger charge is 2.29. The van der Waals surface area contributed by atoms with Gasteiger partial charge >= 0.3 is 0 Å². The molecule has 8 nitrogen and oxygen atoms in total. The lowest BCUT2D eigenvalue weighted by Crippen LogP contribution is -2.49. The Morgan fingerprint density at radius 1 is 1.14 bits per heavy atom. The number of hydrogen-bond donors (Lipinski definition) is 2. The van der Waals surface area contributed by atoms with E-state index in [0.717, 1.165) is 5.56 Å². The normalized spacial score (nSPS) is 12.4. The summed E-state index contributed by atoms with van der Waals surface area (Å²) in [5, 5.41) is 14.6. The van der Waals surface area contributed by atoms with Gasteiger partial charge in [0.15, 0.2) is 11.5 Å². The van der Waals surface area contributed by atoms with Crippen LogP contribution in [0.25, 0.3) is 17.0 Å². The lowest BCUT2D eigenvalue weighted by atomic mass is 10.0. The SMILES string of the molecule is CC(C)C(NC(=O)c1[nH]n2c(-c3ccc(Cl)cc3)nnc2c1Cl)C(=O)N(C)C. The highest BCUT2D eigenvalue weighted by Crippen LogP contribution is 2.26. The number of benzene rings is 1. The van der Waals surface area contributed by atoms with E-state index in [0.29, 0.717) is 16.5 Å². The topological polar surface area (TPSA) is 95.4 Å². The first-order chi connectivity index (χ1) is 13.2. The van der Waals surface area contributed by atoms with E-state index in [1.54, 1.807) is 38.4 Å². The Bertz CT molecular complexity index is 1020. The van der Waals surface area contributed by atoms with Crippen molar-refractivity contribution in [2.45, 2.75) is 19.9 Å². The van der Waals surface area contributed by atoms with E-state index in [1.165, 1.54) is 9.42 Å². The molecule has 1 atom stereocenters. The zero-order valence-electron chi connectivity index (χ0n) is 15.8. The van der Waals surface area contributed by atoms with E-state index in [2.05, 4.69) is 20.6 Å². The Balaban J connectivity index is 1.95. The van der Waals surface area contributed by atoms with Crippen LogP contribution in [0.3, 0.4) is 0 Å². The number of rotatable bonds is 5. The van der Waals surface area contributed by atoms with Crippen LogP contribution in [0.4, 0.5) is 0 Å². The van der Waals surface area contributed by atoms with Crippen LogP contribution in [0.2, 0.25) is 10.0 Å². The number of carbonyl (C=O) groups is 2. The van der Waals surface area contributed by atoms with Crippen LogP contribution in [0, 0.1) is 5.92 Å². The van der Waals surface area contributed by atoms with Crippen LogP contribution in [0.5, 0.6) is 0 Å². The molecular formula is C18H20Cl2N6O2. The minimum Gasteiger partial charge on any atom is -0.347 e. The van der Waals surface area contributed by atoms with Crippen molar-refractivity contribution < 1.29 is 9.59 Å². The maximum Gasteiger partial charge on any atom is 0.271 e. The molecule has 0 aliphatic heterocycles. The zero-order chi connectivity index (χ0) is 20.6. The van der Waals surface area contributed by atoms with Gasteiger partial charge in [0.1, 0.15) is 16.8 Å². The van der Waals surface area contributed by atoms with Crippen molar-refractivity contribution in [3.8, 4) is 11.4 Å². The monoisotopic (exact) mass is 422 g/mol. The number of aromatic amines is 1. The Kier molecular flexibility index (Phi) is 5.62. The van der Waals surface area contributed by atoms with Gasteiger partial charge in [-0.1, -0.05) is 37.0 Å². The Morgan fingerprint density at radius 3 is 2.36 bits per heavy atom. The van der Waals surface area contributed by atoms with Gasteiger partial charge in [0.25, 0.3) is 5.91 Å². The van der Waals surface area contributed by atoms with Crippen molar-refractivity contribution >= 4 is 40.7 Å². The van der Waals surface area contributed by atoms with Crippen LogP contribution in [-0.4, -0.2) is 56.7 Å². The molecule has 2 heterocycles. The molecule has 0 aliphatic carbocycles. The average Bonchev–Trinajstić information content (AvgIpc) is 3.20. The molecule has 0 saturated heterocycles. The number of fused-ring (bicyclic) bond motifs is 1. The molecule has 1 aromatic carbocycles. The number of halogens is 2. The van der Waals surface area contributed by atoms with Crippen molar-refractivity contribution in [1.82, 2.24) is 30.0 Å². The zero-order valence-corrected chi connectivity index (χ0v) is 17.3. The van der Waals surface area contributed by atoms with Crippen LogP contribution < -0.4 is 5.32 Å². The predicted octanol–water partition coefficient (Wildman–Crippen LogP) is 2.87. The molecule has 1 unspecified atom stereocenters. The van der Waals surface area contributed by atoms with Crippen molar-refractivity contribution in [1.29, 1.82) is 0 Å². The number of hydrogen-bond acceptors (Lipinski definition) is 4. The first kappa shape index (κ1) is 20.2. The van der Waals surface area contributed by atoms with Crippen molar-refractivity contribution in [3.05, 3.63) is 40.0 Å². The third-order valence-corrected chi connectivity index (χ3v) is 4.90. The maximum absolute atomic E-state index is 12.8. The first-order valence-corrected chi connectivity index (χ1v) is 9.36. The quantitative estimate of drug-likeness (QED) is 0.660. The number of aromatic nitrogens is 4. The summed E-state index contributed by atoms with van der Waals surface area (Å²) in [6, 6.07) is 6.37. The van der Waals surface area contributed by atoms with Gasteiger partial charge in [0.2, 0.25) is 5.91 Å². The van der Waals surface area contributed by atoms with E-state index in [1.807, 2.05) is 13.8 Å². The second-order valence-corrected chi connectivity index (χ2v) is 7.73. The van der Waals surface area contributed by atoms with Gasteiger partial charge in [-0.05, 0) is 30.2 Å². The summed E-state index contributed by atoms with van der Waals surface area (Å²) in [7, 11) is 3.28. The predicted molar refractivity (Wildman–Crippen MR) is 108 cm³/mol. The summed E-state index contributed by atoms with van der Waals surface area (Å²) >= 11 is 12.3. The van der Waals surface area contributed by atoms with Crippen LogP contribution in [0.1, 0.15) is 24.3 Å². The number of H-pyrrole nitrogens is 1. The molecule has 0 fully saturated rings. The number of nitrogens with zero attached hydrogens (tertiary/aromatic N) is 4. The molecule has 2 amide bonds. The van der Waals surface area contributed by atoms with Gasteiger partial charge in [-0.2, -0.15) is 0 Å². The lowest BCUT2D eigenvalue weighted by Gasteiger charge is -2.24. The van der Waals surface area contributed by atoms with Crippen molar-refractivity contribution in [2.24, 2.45) is 5.92 Å². The van der Waals surface area contributed by atoms with Crippen LogP contribution in [0.15, 0.2) is 24.3 Å². The molecule has 0 spiro atoms. The fourth-order valence-corrected chi connectivity index (χ4v) is 3.12. The highest BCUT2D eigenvalue weighted by atomic mass is 35.5. The Labute approximate surface area is 171 Å². The molecule has 10 heteroatoms. The summed E-state index contributed by atoms with van der Waals surface area (Å²) < 4.78 is 1.53. The molecule has 3 aromatic rings. The highest BCUT2D eigenvalue weighted by molar-refractivity contribution is 6.36. The summed E-state index contributed by atoms with van der Waals surface area (Å²) in [5.74, 6) is -0.300. The molecule has 28 heavy (non-hydrogen) atoms. The van der Waals surface area contributed by atoms with Crippen LogP contribution >= 0.6 is 23.2 Å². The molecule has 3 rings (SSSR count). The molecule has 0 radical (unpaired) electrons. The van der Waals surface area contributed by atoms with Gasteiger partial charge in [-0.25, -0.2) is 4.52 Å². The summed E-state index contributed by atoms with van der Waals surface area (Å²) in [4.78, 5) is 26.6. The van der Waals surface area contributed by atoms with Gasteiger partial charge < -0.3 is 10.2 Å². The lowest BCUT2D eigenvalue weighted by molar-refractivity contribution is -0.131. The van der Waals surface area contributed by atoms with E-state index in [9.17, 15) is 9.59 Å². The largest absolute Gasteiger partial charge is 0.347 e. The summed E-state index contributed by atoms with van der Waals surface area (Å²) in [5.41, 5.74) is 1.18. The van der Waals surface area contributed by atoms with Gasteiger partial charge in [-0.3, -0.25) is 14.7 Å². The van der Waals surface area contributed by atoms with E-state index >= 15 is 0 Å². The van der Waals surface area contributed by atoms with E-state index in [-0.39, 0.29) is 22.5 Å². The minimum absolute atomic E-state index is 0.0945. The molecular weight excluding hydrogens is 403 g/mol. The molecule has 2 aromatic heterocycles.